The first-order valence-electron chi connectivity index (χ1n) is 20.8. The van der Waals surface area contributed by atoms with Crippen molar-refractivity contribution in [3.05, 3.63) is 0 Å². The van der Waals surface area contributed by atoms with Crippen molar-refractivity contribution >= 4 is 17.9 Å². The molecule has 0 aromatic heterocycles. The van der Waals surface area contributed by atoms with E-state index in [1.807, 2.05) is 0 Å². The van der Waals surface area contributed by atoms with E-state index in [4.69, 9.17) is 14.2 Å². The third-order valence-electron chi connectivity index (χ3n) is 9.58. The minimum Gasteiger partial charge on any atom is -0.462 e. The number of carbonyl (C=O) groups excluding carboxylic acids is 3. The molecule has 0 aliphatic rings. The van der Waals surface area contributed by atoms with Gasteiger partial charge in [0.25, 0.3) is 0 Å². The molecule has 0 fully saturated rings. The largest absolute Gasteiger partial charge is 0.462 e. The van der Waals surface area contributed by atoms with Crippen molar-refractivity contribution in [1.29, 1.82) is 0 Å². The second-order valence-corrected chi connectivity index (χ2v) is 15.0. The second kappa shape index (κ2) is 35.2. The highest BCUT2D eigenvalue weighted by atomic mass is 16.6. The fourth-order valence-electron chi connectivity index (χ4n) is 6.01. The Balaban J connectivity index is 4.18. The van der Waals surface area contributed by atoms with E-state index < -0.39 is 6.10 Å². The van der Waals surface area contributed by atoms with E-state index in [9.17, 15) is 14.4 Å². The molecule has 0 aliphatic carbocycles. The van der Waals surface area contributed by atoms with Crippen molar-refractivity contribution in [3.8, 4) is 0 Å². The molecule has 284 valence electrons. The van der Waals surface area contributed by atoms with Crippen LogP contribution in [0, 0.1) is 11.8 Å². The fourth-order valence-corrected chi connectivity index (χ4v) is 6.01. The highest BCUT2D eigenvalue weighted by Crippen LogP contribution is 2.16. The van der Waals surface area contributed by atoms with Crippen LogP contribution in [0.25, 0.3) is 0 Å². The van der Waals surface area contributed by atoms with Gasteiger partial charge >= 0.3 is 17.9 Å². The summed E-state index contributed by atoms with van der Waals surface area (Å²) in [4.78, 5) is 37.3. The maximum absolute atomic E-state index is 12.5. The molecule has 0 amide bonds. The van der Waals surface area contributed by atoms with E-state index in [0.717, 1.165) is 76.0 Å². The molecule has 0 bridgehead atoms. The summed E-state index contributed by atoms with van der Waals surface area (Å²) < 4.78 is 16.5. The van der Waals surface area contributed by atoms with E-state index in [1.54, 1.807) is 0 Å². The Hall–Kier alpha value is -1.59. The first-order valence-corrected chi connectivity index (χ1v) is 20.8. The molecule has 0 rings (SSSR count). The van der Waals surface area contributed by atoms with Crippen LogP contribution in [0.3, 0.4) is 0 Å². The maximum atomic E-state index is 12.5. The molecule has 0 heterocycles. The van der Waals surface area contributed by atoms with Crippen LogP contribution in [0.4, 0.5) is 0 Å². The quantitative estimate of drug-likeness (QED) is 0.0372. The van der Waals surface area contributed by atoms with E-state index >= 15 is 0 Å². The summed E-state index contributed by atoms with van der Waals surface area (Å²) in [7, 11) is 0. The van der Waals surface area contributed by atoms with E-state index in [1.165, 1.54) is 103 Å². The van der Waals surface area contributed by atoms with E-state index in [-0.39, 0.29) is 31.1 Å². The van der Waals surface area contributed by atoms with Crippen LogP contribution in [0.2, 0.25) is 0 Å². The lowest BCUT2D eigenvalue weighted by atomic mass is 10.00. The van der Waals surface area contributed by atoms with Crippen molar-refractivity contribution in [2.24, 2.45) is 11.8 Å². The molecule has 0 aromatic rings. The zero-order valence-corrected chi connectivity index (χ0v) is 32.6. The summed E-state index contributed by atoms with van der Waals surface area (Å²) in [6, 6.07) is 0. The normalized spacial score (nSPS) is 12.6. The molecule has 0 saturated heterocycles. The smallest absolute Gasteiger partial charge is 0.306 e. The lowest BCUT2D eigenvalue weighted by Crippen LogP contribution is -2.30. The topological polar surface area (TPSA) is 78.9 Å². The molecule has 0 radical (unpaired) electrons. The van der Waals surface area contributed by atoms with Crippen LogP contribution >= 0.6 is 0 Å². The van der Waals surface area contributed by atoms with Crippen molar-refractivity contribution in [2.45, 2.75) is 227 Å². The number of unbranched alkanes of at least 4 members (excludes halogenated alkanes) is 20. The second-order valence-electron chi connectivity index (χ2n) is 15.0. The van der Waals surface area contributed by atoms with Gasteiger partial charge in [0.05, 0.1) is 0 Å². The first kappa shape index (κ1) is 46.4. The summed E-state index contributed by atoms with van der Waals surface area (Å²) in [5, 5.41) is 0. The van der Waals surface area contributed by atoms with Crippen molar-refractivity contribution in [1.82, 2.24) is 0 Å². The van der Waals surface area contributed by atoms with E-state index in [0.29, 0.717) is 19.3 Å². The Morgan fingerprint density at radius 2 is 0.792 bits per heavy atom. The number of ether oxygens (including phenoxy) is 3. The Labute approximate surface area is 298 Å². The summed E-state index contributed by atoms with van der Waals surface area (Å²) >= 11 is 0. The van der Waals surface area contributed by atoms with Gasteiger partial charge < -0.3 is 14.2 Å². The third kappa shape index (κ3) is 34.3. The molecule has 2 atom stereocenters. The molecular weight excluding hydrogens is 600 g/mol. The molecule has 0 N–H and O–H groups in total. The lowest BCUT2D eigenvalue weighted by Gasteiger charge is -2.18. The molecule has 0 saturated carbocycles. The monoisotopic (exact) mass is 681 g/mol. The average Bonchev–Trinajstić information content (AvgIpc) is 3.06. The lowest BCUT2D eigenvalue weighted by molar-refractivity contribution is -0.167. The van der Waals surface area contributed by atoms with Gasteiger partial charge in [-0.3, -0.25) is 14.4 Å². The summed E-state index contributed by atoms with van der Waals surface area (Å²) in [6.07, 6.45) is 31.2. The number of hydrogen-bond acceptors (Lipinski definition) is 6. The van der Waals surface area contributed by atoms with Gasteiger partial charge in [-0.15, -0.1) is 0 Å². The van der Waals surface area contributed by atoms with Gasteiger partial charge in [-0.05, 0) is 31.1 Å². The van der Waals surface area contributed by atoms with Gasteiger partial charge in [0.2, 0.25) is 0 Å². The van der Waals surface area contributed by atoms with Crippen molar-refractivity contribution in [2.75, 3.05) is 13.2 Å². The van der Waals surface area contributed by atoms with Crippen molar-refractivity contribution in [3.63, 3.8) is 0 Å². The minimum absolute atomic E-state index is 0.0674. The predicted octanol–water partition coefficient (Wildman–Crippen LogP) is 12.6. The minimum atomic E-state index is -0.758. The zero-order chi connectivity index (χ0) is 35.5. The highest BCUT2D eigenvalue weighted by Gasteiger charge is 2.19. The van der Waals surface area contributed by atoms with Crippen LogP contribution in [0.1, 0.15) is 221 Å². The van der Waals surface area contributed by atoms with Gasteiger partial charge in [0.15, 0.2) is 6.10 Å². The third-order valence-corrected chi connectivity index (χ3v) is 9.58. The van der Waals surface area contributed by atoms with Crippen LogP contribution in [0.5, 0.6) is 0 Å². The van der Waals surface area contributed by atoms with Crippen LogP contribution < -0.4 is 0 Å². The molecule has 1 unspecified atom stereocenters. The maximum Gasteiger partial charge on any atom is 0.306 e. The highest BCUT2D eigenvalue weighted by molar-refractivity contribution is 5.71. The van der Waals surface area contributed by atoms with Crippen LogP contribution in [-0.2, 0) is 28.6 Å². The van der Waals surface area contributed by atoms with Gasteiger partial charge in [-0.1, -0.05) is 182 Å². The molecular formula is C42H80O6. The van der Waals surface area contributed by atoms with Crippen molar-refractivity contribution < 1.29 is 28.6 Å². The Kier molecular flexibility index (Phi) is 34.1. The molecule has 0 spiro atoms. The standard InChI is InChI=1S/C42H80O6/c1-6-8-9-20-29-34-42(45)48-39(36-47-41(44)33-28-24-19-18-22-26-31-38(5)7-2)35-46-40(43)32-27-23-17-15-13-11-10-12-14-16-21-25-30-37(3)4/h37-39H,6-36H2,1-5H3/t38?,39-/m1/s1. The molecule has 0 aromatic carbocycles. The average molecular weight is 681 g/mol. The van der Waals surface area contributed by atoms with Gasteiger partial charge in [-0.25, -0.2) is 0 Å². The zero-order valence-electron chi connectivity index (χ0n) is 32.6. The first-order chi connectivity index (χ1) is 23.3. The molecule has 6 nitrogen and oxygen atoms in total. The number of carbonyl (C=O) groups is 3. The SMILES string of the molecule is CCCCCCCC(=O)O[C@H](COC(=O)CCCCCCCCCCCCCCC(C)C)COC(=O)CCCCCCCCC(C)CC. The molecule has 48 heavy (non-hydrogen) atoms. The summed E-state index contributed by atoms with van der Waals surface area (Å²) in [5.41, 5.74) is 0. The fraction of sp³-hybridized carbons (Fsp3) is 0.929. The number of esters is 3. The molecule has 6 heteroatoms. The van der Waals surface area contributed by atoms with Gasteiger partial charge in [0.1, 0.15) is 13.2 Å². The summed E-state index contributed by atoms with van der Waals surface area (Å²) in [6.45, 7) is 11.2. The molecule has 0 aliphatic heterocycles. The predicted molar refractivity (Wildman–Crippen MR) is 201 cm³/mol. The van der Waals surface area contributed by atoms with Crippen LogP contribution in [-0.4, -0.2) is 37.2 Å². The Morgan fingerprint density at radius 3 is 1.19 bits per heavy atom. The number of hydrogen-bond donors (Lipinski definition) is 0. The van der Waals surface area contributed by atoms with Gasteiger partial charge in [-0.2, -0.15) is 0 Å². The van der Waals surface area contributed by atoms with Crippen LogP contribution in [0.15, 0.2) is 0 Å². The Bertz CT molecular complexity index is 736. The summed E-state index contributed by atoms with van der Waals surface area (Å²) in [5.74, 6) is 0.768. The van der Waals surface area contributed by atoms with E-state index in [2.05, 4.69) is 34.6 Å². The number of rotatable bonds is 36. The van der Waals surface area contributed by atoms with Gasteiger partial charge in [0, 0.05) is 19.3 Å². The Morgan fingerprint density at radius 1 is 0.438 bits per heavy atom.